The van der Waals surface area contributed by atoms with Crippen molar-refractivity contribution in [3.8, 4) is 0 Å². The lowest BCUT2D eigenvalue weighted by Gasteiger charge is -2.07. The van der Waals surface area contributed by atoms with E-state index in [1.807, 2.05) is 42.5 Å². The van der Waals surface area contributed by atoms with Gasteiger partial charge in [0.1, 0.15) is 0 Å². The van der Waals surface area contributed by atoms with Crippen molar-refractivity contribution in [2.75, 3.05) is 5.32 Å². The van der Waals surface area contributed by atoms with Crippen molar-refractivity contribution in [2.24, 2.45) is 0 Å². The van der Waals surface area contributed by atoms with E-state index in [4.69, 9.17) is 0 Å². The molecule has 0 atom stereocenters. The van der Waals surface area contributed by atoms with E-state index < -0.39 is 0 Å². The van der Waals surface area contributed by atoms with E-state index in [0.29, 0.717) is 5.56 Å². The van der Waals surface area contributed by atoms with Crippen LogP contribution in [0.25, 0.3) is 0 Å². The number of hydrogen-bond acceptors (Lipinski definition) is 1. The van der Waals surface area contributed by atoms with E-state index in [0.717, 1.165) is 18.2 Å². The highest BCUT2D eigenvalue weighted by Gasteiger charge is 2.10. The fraction of sp³-hybridized carbons (Fsp3) is 0. The molecule has 92 valence electrons. The van der Waals surface area contributed by atoms with Gasteiger partial charge >= 0.3 is 0 Å². The van der Waals surface area contributed by atoms with Crippen molar-refractivity contribution < 1.29 is 4.79 Å². The summed E-state index contributed by atoms with van der Waals surface area (Å²) in [5.74, 6) is -0.108. The molecule has 0 aliphatic rings. The van der Waals surface area contributed by atoms with Crippen LogP contribution in [0, 0.1) is 3.57 Å². The Bertz CT molecular complexity index is 584. The van der Waals surface area contributed by atoms with E-state index in [-0.39, 0.29) is 5.91 Å². The molecule has 0 fully saturated rings. The molecule has 2 nitrogen and oxygen atoms in total. The summed E-state index contributed by atoms with van der Waals surface area (Å²) in [6.45, 7) is 0. The van der Waals surface area contributed by atoms with Gasteiger partial charge in [-0.3, -0.25) is 4.79 Å². The predicted octanol–water partition coefficient (Wildman–Crippen LogP) is 5.07. The monoisotopic (exact) mass is 479 g/mol. The van der Waals surface area contributed by atoms with Crippen molar-refractivity contribution in [1.29, 1.82) is 0 Å². The number of nitrogens with one attached hydrogen (secondary N) is 1. The predicted molar refractivity (Wildman–Crippen MR) is 89.0 cm³/mol. The minimum Gasteiger partial charge on any atom is -0.322 e. The van der Waals surface area contributed by atoms with Crippen LogP contribution >= 0.6 is 54.5 Å². The highest BCUT2D eigenvalue weighted by atomic mass is 127. The molecule has 0 aromatic heterocycles. The molecule has 0 unspecified atom stereocenters. The molecule has 1 N–H and O–H groups in total. The fourth-order valence-corrected chi connectivity index (χ4v) is 2.61. The van der Waals surface area contributed by atoms with Gasteiger partial charge in [0.25, 0.3) is 5.91 Å². The molecule has 2 aromatic carbocycles. The van der Waals surface area contributed by atoms with Gasteiger partial charge in [-0.1, -0.05) is 31.9 Å². The van der Waals surface area contributed by atoms with Crippen LogP contribution < -0.4 is 5.32 Å². The molecule has 5 heteroatoms. The summed E-state index contributed by atoms with van der Waals surface area (Å²) in [6, 6.07) is 13.1. The van der Waals surface area contributed by atoms with E-state index in [9.17, 15) is 4.79 Å². The number of carbonyl (C=O) groups excluding carboxylic acids is 1. The Labute approximate surface area is 136 Å². The third-order valence-corrected chi connectivity index (χ3v) is 4.24. The Morgan fingerprint density at radius 3 is 2.28 bits per heavy atom. The molecule has 2 rings (SSSR count). The second kappa shape index (κ2) is 6.16. The van der Waals surface area contributed by atoms with Gasteiger partial charge in [-0.05, 0) is 65.1 Å². The van der Waals surface area contributed by atoms with Gasteiger partial charge in [-0.2, -0.15) is 0 Å². The lowest BCUT2D eigenvalue weighted by Crippen LogP contribution is -2.13. The highest BCUT2D eigenvalue weighted by molar-refractivity contribution is 14.1. The maximum absolute atomic E-state index is 12.1. The molecule has 0 saturated heterocycles. The lowest BCUT2D eigenvalue weighted by molar-refractivity contribution is 0.102. The second-order valence-corrected chi connectivity index (χ2v) is 6.58. The summed E-state index contributed by atoms with van der Waals surface area (Å²) < 4.78 is 2.80. The van der Waals surface area contributed by atoms with Crippen molar-refractivity contribution in [3.05, 3.63) is 60.5 Å². The first-order valence-corrected chi connectivity index (χ1v) is 7.75. The summed E-state index contributed by atoms with van der Waals surface area (Å²) in [5, 5.41) is 2.87. The van der Waals surface area contributed by atoms with E-state index in [2.05, 4.69) is 59.8 Å². The third kappa shape index (κ3) is 3.55. The number of halogens is 3. The second-order valence-electron chi connectivity index (χ2n) is 3.59. The first kappa shape index (κ1) is 14.0. The normalized spacial score (nSPS) is 10.2. The lowest BCUT2D eigenvalue weighted by atomic mass is 10.2. The highest BCUT2D eigenvalue weighted by Crippen LogP contribution is 2.20. The smallest absolute Gasteiger partial charge is 0.256 e. The van der Waals surface area contributed by atoms with Crippen LogP contribution in [-0.2, 0) is 0 Å². The molecular formula is C13H8Br2INO. The molecular weight excluding hydrogens is 473 g/mol. The molecule has 0 bridgehead atoms. The molecule has 1 amide bonds. The molecule has 0 aliphatic carbocycles. The number of amides is 1. The summed E-state index contributed by atoms with van der Waals surface area (Å²) in [6.07, 6.45) is 0. The van der Waals surface area contributed by atoms with E-state index in [1.54, 1.807) is 0 Å². The van der Waals surface area contributed by atoms with Gasteiger partial charge in [0, 0.05) is 18.2 Å². The average Bonchev–Trinajstić information content (AvgIpc) is 2.35. The zero-order chi connectivity index (χ0) is 13.1. The molecule has 0 aliphatic heterocycles. The van der Waals surface area contributed by atoms with Crippen LogP contribution in [-0.4, -0.2) is 5.91 Å². The van der Waals surface area contributed by atoms with Crippen LogP contribution in [0.4, 0.5) is 5.69 Å². The first-order chi connectivity index (χ1) is 8.56. The van der Waals surface area contributed by atoms with Crippen LogP contribution in [0.2, 0.25) is 0 Å². The summed E-state index contributed by atoms with van der Waals surface area (Å²) in [5.41, 5.74) is 1.44. The summed E-state index contributed by atoms with van der Waals surface area (Å²) in [7, 11) is 0. The Morgan fingerprint density at radius 1 is 1.00 bits per heavy atom. The number of benzene rings is 2. The van der Waals surface area contributed by atoms with E-state index >= 15 is 0 Å². The zero-order valence-electron chi connectivity index (χ0n) is 9.08. The summed E-state index contributed by atoms with van der Waals surface area (Å²) >= 11 is 8.88. The van der Waals surface area contributed by atoms with Crippen molar-refractivity contribution >= 4 is 66.0 Å². The average molecular weight is 481 g/mol. The minimum atomic E-state index is -0.108. The Morgan fingerprint density at radius 2 is 1.61 bits per heavy atom. The molecule has 0 radical (unpaired) electrons. The number of hydrogen-bond donors (Lipinski definition) is 1. The van der Waals surface area contributed by atoms with Crippen molar-refractivity contribution in [3.63, 3.8) is 0 Å². The largest absolute Gasteiger partial charge is 0.322 e. The third-order valence-electron chi connectivity index (χ3n) is 2.28. The number of carbonyl (C=O) groups is 1. The van der Waals surface area contributed by atoms with Crippen LogP contribution in [0.1, 0.15) is 10.4 Å². The number of rotatable bonds is 2. The van der Waals surface area contributed by atoms with Crippen LogP contribution in [0.5, 0.6) is 0 Å². The van der Waals surface area contributed by atoms with Crippen molar-refractivity contribution in [2.45, 2.75) is 0 Å². The number of anilines is 1. The maximum Gasteiger partial charge on any atom is 0.256 e. The van der Waals surface area contributed by atoms with Crippen LogP contribution in [0.15, 0.2) is 51.4 Å². The molecule has 0 heterocycles. The quantitative estimate of drug-likeness (QED) is 0.597. The molecule has 18 heavy (non-hydrogen) atoms. The first-order valence-electron chi connectivity index (χ1n) is 5.08. The van der Waals surface area contributed by atoms with Crippen LogP contribution in [0.3, 0.4) is 0 Å². The standard InChI is InChI=1S/C13H8Br2INO/c14-8-1-4-10(5-2-8)17-13(18)11-7-9(15)3-6-12(11)16/h1-7H,(H,17,18). The zero-order valence-corrected chi connectivity index (χ0v) is 14.4. The molecule has 0 spiro atoms. The topological polar surface area (TPSA) is 29.1 Å². The minimum absolute atomic E-state index is 0.108. The molecule has 2 aromatic rings. The Balaban J connectivity index is 2.21. The van der Waals surface area contributed by atoms with Crippen molar-refractivity contribution in [1.82, 2.24) is 0 Å². The van der Waals surface area contributed by atoms with Gasteiger partial charge in [0.15, 0.2) is 0 Å². The maximum atomic E-state index is 12.1. The fourth-order valence-electron chi connectivity index (χ4n) is 1.40. The Hall–Kier alpha value is -0.400. The van der Waals surface area contributed by atoms with Gasteiger partial charge in [-0.15, -0.1) is 0 Å². The Kier molecular flexibility index (Phi) is 4.80. The molecule has 0 saturated carbocycles. The van der Waals surface area contributed by atoms with Gasteiger partial charge < -0.3 is 5.32 Å². The SMILES string of the molecule is O=C(Nc1ccc(Br)cc1)c1cc(Br)ccc1I. The summed E-state index contributed by atoms with van der Waals surface area (Å²) in [4.78, 5) is 12.1. The van der Waals surface area contributed by atoms with Gasteiger partial charge in [0.2, 0.25) is 0 Å². The van der Waals surface area contributed by atoms with E-state index in [1.165, 1.54) is 0 Å². The van der Waals surface area contributed by atoms with Gasteiger partial charge in [0.05, 0.1) is 5.56 Å². The van der Waals surface area contributed by atoms with Gasteiger partial charge in [-0.25, -0.2) is 0 Å².